The van der Waals surface area contributed by atoms with Gasteiger partial charge in [0.2, 0.25) is 0 Å². The maximum atomic E-state index is 2.48. The molecule has 96 valence electrons. The maximum absolute atomic E-state index is 2.59. The van der Waals surface area contributed by atoms with Crippen LogP contribution in [0.15, 0.2) is 42.5 Å². The van der Waals surface area contributed by atoms with E-state index in [4.69, 9.17) is 0 Å². The van der Waals surface area contributed by atoms with Gasteiger partial charge in [0.05, 0.1) is 0 Å². The van der Waals surface area contributed by atoms with Crippen molar-refractivity contribution < 1.29 is 19.3 Å². The van der Waals surface area contributed by atoms with Gasteiger partial charge < -0.3 is 0 Å². The van der Waals surface area contributed by atoms with Gasteiger partial charge in [-0.05, 0) is 0 Å². The number of allylic oxidation sites excluding steroid dienone is 8. The van der Waals surface area contributed by atoms with Crippen LogP contribution in [-0.2, 0) is 19.3 Å². The summed E-state index contributed by atoms with van der Waals surface area (Å²) in [7, 11) is 0. The molecule has 0 saturated heterocycles. The van der Waals surface area contributed by atoms with Crippen LogP contribution >= 0.6 is 0 Å². The van der Waals surface area contributed by atoms with E-state index in [0.29, 0.717) is 0 Å². The summed E-state index contributed by atoms with van der Waals surface area (Å²) in [5, 5.41) is 0. The van der Waals surface area contributed by atoms with Crippen LogP contribution in [0.2, 0.25) is 0 Å². The van der Waals surface area contributed by atoms with Gasteiger partial charge in [-0.25, -0.2) is 0 Å². The summed E-state index contributed by atoms with van der Waals surface area (Å²) >= 11 is -2.59. The Morgan fingerprint density at radius 2 is 1.67 bits per heavy atom. The van der Waals surface area contributed by atoms with Crippen molar-refractivity contribution in [2.75, 3.05) is 0 Å². The van der Waals surface area contributed by atoms with E-state index < -0.39 is 19.3 Å². The van der Waals surface area contributed by atoms with E-state index in [1.165, 1.54) is 18.4 Å². The molecule has 2 aliphatic carbocycles. The van der Waals surface area contributed by atoms with Crippen molar-refractivity contribution in [3.63, 3.8) is 0 Å². The van der Waals surface area contributed by atoms with Crippen LogP contribution in [0.5, 0.6) is 0 Å². The fraction of sp³-hybridized carbons (Fsp3) is 0.412. The molecule has 1 heteroatoms. The Morgan fingerprint density at radius 1 is 1.00 bits per heavy atom. The van der Waals surface area contributed by atoms with E-state index >= 15 is 0 Å². The Hall–Kier alpha value is -0.417. The van der Waals surface area contributed by atoms with Gasteiger partial charge in [0.25, 0.3) is 0 Å². The van der Waals surface area contributed by atoms with Crippen molar-refractivity contribution in [2.45, 2.75) is 47.5 Å². The average Bonchev–Trinajstić information content (AvgIpc) is 2.90. The average molecular weight is 320 g/mol. The summed E-state index contributed by atoms with van der Waals surface area (Å²) in [5.41, 5.74) is 1.46. The first-order valence-electron chi connectivity index (χ1n) is 6.84. The van der Waals surface area contributed by atoms with Crippen LogP contribution in [0.25, 0.3) is 0 Å². The predicted octanol–water partition coefficient (Wildman–Crippen LogP) is 4.64. The van der Waals surface area contributed by atoms with E-state index in [9.17, 15) is 0 Å². The molecule has 0 unspecified atom stereocenters. The molecule has 0 fully saturated rings. The van der Waals surface area contributed by atoms with E-state index in [0.717, 1.165) is 0 Å². The monoisotopic (exact) mass is 318 g/mol. The van der Waals surface area contributed by atoms with Gasteiger partial charge in [-0.15, -0.1) is 0 Å². The number of hydrogen-bond acceptors (Lipinski definition) is 0. The molecule has 0 N–H and O–H groups in total. The van der Waals surface area contributed by atoms with Gasteiger partial charge in [-0.2, -0.15) is 0 Å². The standard InChI is InChI=1S/C6H7.C5H5.2C3H6.Zr/c1-6-4-2-3-5-6;1-2-4-5-3-1;2*1-3-2;/h4-5H,2H2,1H3;1-3H,4H2;2*1-2H3;. The SMILES string of the molecule is CC1=CC[C]([Zr]([C]2=CC=CC2)(=[C](C)C)=[C](C)C)=C1. The van der Waals surface area contributed by atoms with Crippen molar-refractivity contribution in [1.29, 1.82) is 0 Å². The first-order valence-corrected chi connectivity index (χ1v) is 11.8. The topological polar surface area (TPSA) is 0 Å². The van der Waals surface area contributed by atoms with Gasteiger partial charge >= 0.3 is 116 Å². The minimum absolute atomic E-state index is 1.18. The second-order valence-corrected chi connectivity index (χ2v) is 17.7. The summed E-state index contributed by atoms with van der Waals surface area (Å²) in [5.74, 6) is 0. The summed E-state index contributed by atoms with van der Waals surface area (Å²) in [4.78, 5) is 0. The summed E-state index contributed by atoms with van der Waals surface area (Å²) < 4.78 is 6.91. The van der Waals surface area contributed by atoms with Crippen LogP contribution < -0.4 is 0 Å². The van der Waals surface area contributed by atoms with Crippen LogP contribution in [-0.4, -0.2) is 6.41 Å². The summed E-state index contributed by atoms with van der Waals surface area (Å²) in [6.07, 6.45) is 14.2. The molecule has 0 atom stereocenters. The molecule has 0 aromatic heterocycles. The summed E-state index contributed by atoms with van der Waals surface area (Å²) in [6, 6.07) is 0. The molecule has 0 heterocycles. The Bertz CT molecular complexity index is 582. The van der Waals surface area contributed by atoms with Gasteiger partial charge in [0.15, 0.2) is 0 Å². The Kier molecular flexibility index (Phi) is 4.12. The molecular weight excluding hydrogens is 295 g/mol. The molecule has 2 rings (SSSR count). The zero-order valence-corrected chi connectivity index (χ0v) is 14.8. The van der Waals surface area contributed by atoms with Crippen molar-refractivity contribution in [3.05, 3.63) is 42.5 Å². The van der Waals surface area contributed by atoms with E-state index in [1.54, 1.807) is 13.0 Å². The minimum atomic E-state index is -2.59. The quantitative estimate of drug-likeness (QED) is 0.695. The first-order chi connectivity index (χ1) is 8.49. The second kappa shape index (κ2) is 5.29. The second-order valence-electron chi connectivity index (χ2n) is 5.90. The Balaban J connectivity index is 2.75. The molecule has 0 aromatic carbocycles. The van der Waals surface area contributed by atoms with Crippen molar-refractivity contribution in [1.82, 2.24) is 0 Å². The van der Waals surface area contributed by atoms with Crippen LogP contribution in [0.1, 0.15) is 47.5 Å². The third kappa shape index (κ3) is 2.12. The molecule has 0 nitrogen and oxygen atoms in total. The van der Waals surface area contributed by atoms with Crippen LogP contribution in [0.4, 0.5) is 0 Å². The van der Waals surface area contributed by atoms with Crippen LogP contribution in [0, 0.1) is 0 Å². The molecule has 0 saturated carbocycles. The van der Waals surface area contributed by atoms with Crippen LogP contribution in [0.3, 0.4) is 0 Å². The van der Waals surface area contributed by atoms with Crippen molar-refractivity contribution in [3.8, 4) is 0 Å². The van der Waals surface area contributed by atoms with Gasteiger partial charge in [0.1, 0.15) is 0 Å². The zero-order chi connectivity index (χ0) is 13.3. The van der Waals surface area contributed by atoms with Gasteiger partial charge in [0, 0.05) is 0 Å². The number of hydrogen-bond donors (Lipinski definition) is 0. The Morgan fingerprint density at radius 3 is 2.06 bits per heavy atom. The molecule has 0 aromatic rings. The third-order valence-corrected chi connectivity index (χ3v) is 18.2. The molecule has 18 heavy (non-hydrogen) atoms. The van der Waals surface area contributed by atoms with Gasteiger partial charge in [-0.1, -0.05) is 0 Å². The molecule has 0 bridgehead atoms. The number of rotatable bonds is 2. The molecule has 0 aliphatic heterocycles. The molecule has 0 spiro atoms. The molecule has 2 aliphatic rings. The zero-order valence-electron chi connectivity index (χ0n) is 12.3. The molecular formula is C17H24Zr. The van der Waals surface area contributed by atoms with E-state index in [1.807, 2.05) is 0 Å². The molecule has 0 radical (unpaired) electrons. The third-order valence-electron chi connectivity index (χ3n) is 4.28. The summed E-state index contributed by atoms with van der Waals surface area (Å²) in [6.45, 7) is 11.7. The first kappa shape index (κ1) is 14.0. The normalized spacial score (nSPS) is 17.7. The fourth-order valence-corrected chi connectivity index (χ4v) is 17.4. The van der Waals surface area contributed by atoms with E-state index in [2.05, 4.69) is 65.0 Å². The van der Waals surface area contributed by atoms with Crippen molar-refractivity contribution in [2.24, 2.45) is 0 Å². The van der Waals surface area contributed by atoms with Crippen molar-refractivity contribution >= 4 is 6.41 Å². The predicted molar refractivity (Wildman–Crippen MR) is 81.0 cm³/mol. The van der Waals surface area contributed by atoms with Gasteiger partial charge in [-0.3, -0.25) is 0 Å². The Labute approximate surface area is 115 Å². The molecule has 0 amide bonds. The van der Waals surface area contributed by atoms with E-state index in [-0.39, 0.29) is 0 Å². The fourth-order valence-electron chi connectivity index (χ4n) is 3.64.